The van der Waals surface area contributed by atoms with Gasteiger partial charge < -0.3 is 4.74 Å². The highest BCUT2D eigenvalue weighted by Crippen LogP contribution is 2.38. The number of nitriles is 1. The molecule has 2 rings (SSSR count). The van der Waals surface area contributed by atoms with E-state index in [0.717, 1.165) is 18.4 Å². The lowest BCUT2D eigenvalue weighted by Gasteiger charge is -2.33. The van der Waals surface area contributed by atoms with Crippen LogP contribution >= 0.6 is 0 Å². The van der Waals surface area contributed by atoms with Gasteiger partial charge in [0, 0.05) is 0 Å². The quantitative estimate of drug-likeness (QED) is 0.523. The molecule has 0 radical (unpaired) electrons. The Morgan fingerprint density at radius 1 is 1.12 bits per heavy atom. The Morgan fingerprint density at radius 2 is 1.83 bits per heavy atom. The van der Waals surface area contributed by atoms with E-state index in [1.807, 2.05) is 18.4 Å². The first kappa shape index (κ1) is 18.6. The molecule has 0 N–H and O–H groups in total. The predicted molar refractivity (Wildman–Crippen MR) is 99.7 cm³/mol. The summed E-state index contributed by atoms with van der Waals surface area (Å²) >= 11 is 0. The van der Waals surface area contributed by atoms with Crippen molar-refractivity contribution in [3.8, 4) is 6.07 Å². The molecule has 0 spiro atoms. The van der Waals surface area contributed by atoms with Gasteiger partial charge in [0.25, 0.3) is 0 Å². The average molecular weight is 325 g/mol. The van der Waals surface area contributed by atoms with E-state index in [-0.39, 0.29) is 0 Å². The van der Waals surface area contributed by atoms with Crippen molar-refractivity contribution in [1.82, 2.24) is 0 Å². The van der Waals surface area contributed by atoms with Crippen molar-refractivity contribution < 1.29 is 4.74 Å². The summed E-state index contributed by atoms with van der Waals surface area (Å²) in [6.07, 6.45) is 14.1. The van der Waals surface area contributed by atoms with Crippen LogP contribution in [0.25, 0.3) is 0 Å². The van der Waals surface area contributed by atoms with Gasteiger partial charge in [0.15, 0.2) is 0 Å². The Kier molecular flexibility index (Phi) is 7.89. The van der Waals surface area contributed by atoms with E-state index < -0.39 is 0 Å². The number of benzene rings is 1. The topological polar surface area (TPSA) is 33.0 Å². The zero-order chi connectivity index (χ0) is 17.2. The molecule has 1 unspecified atom stereocenters. The molecule has 0 saturated heterocycles. The molecule has 1 saturated carbocycles. The second kappa shape index (κ2) is 10.2. The summed E-state index contributed by atoms with van der Waals surface area (Å²) in [4.78, 5) is 0. The maximum absolute atomic E-state index is 8.92. The molecule has 2 heteroatoms. The van der Waals surface area contributed by atoms with Crippen LogP contribution in [0.3, 0.4) is 0 Å². The lowest BCUT2D eigenvalue weighted by Crippen LogP contribution is -2.26. The number of ether oxygens (including phenoxy) is 1. The fourth-order valence-electron chi connectivity index (χ4n) is 3.74. The van der Waals surface area contributed by atoms with Crippen molar-refractivity contribution in [1.29, 1.82) is 5.26 Å². The van der Waals surface area contributed by atoms with Gasteiger partial charge in [-0.05, 0) is 74.1 Å². The summed E-state index contributed by atoms with van der Waals surface area (Å²) in [6.45, 7) is 4.44. The van der Waals surface area contributed by atoms with E-state index in [1.54, 1.807) is 0 Å². The van der Waals surface area contributed by atoms with Crippen LogP contribution < -0.4 is 0 Å². The molecule has 1 atom stereocenters. The molecule has 1 aromatic carbocycles. The van der Waals surface area contributed by atoms with Gasteiger partial charge in [-0.2, -0.15) is 5.26 Å². The van der Waals surface area contributed by atoms with Gasteiger partial charge in [-0.3, -0.25) is 0 Å². The highest BCUT2D eigenvalue weighted by molar-refractivity contribution is 5.33. The maximum atomic E-state index is 8.92. The molecule has 0 heterocycles. The molecule has 1 fully saturated rings. The third kappa shape index (κ3) is 5.41. The molecule has 24 heavy (non-hydrogen) atoms. The van der Waals surface area contributed by atoms with Crippen LogP contribution in [0.4, 0.5) is 0 Å². The number of unbranched alkanes of at least 4 members (excludes halogenated alkanes) is 1. The third-order valence-corrected chi connectivity index (χ3v) is 5.19. The van der Waals surface area contributed by atoms with Gasteiger partial charge in [-0.25, -0.2) is 0 Å². The van der Waals surface area contributed by atoms with E-state index in [9.17, 15) is 0 Å². The van der Waals surface area contributed by atoms with Gasteiger partial charge >= 0.3 is 0 Å². The highest BCUT2D eigenvalue weighted by Gasteiger charge is 2.28. The molecule has 130 valence electrons. The summed E-state index contributed by atoms with van der Waals surface area (Å²) in [5, 5.41) is 8.92. The van der Waals surface area contributed by atoms with Crippen LogP contribution in [0.1, 0.15) is 82.3 Å². The minimum atomic E-state index is 0.380. The molecular formula is C22H31NO. The number of hydrogen-bond acceptors (Lipinski definition) is 2. The Morgan fingerprint density at radius 3 is 2.42 bits per heavy atom. The van der Waals surface area contributed by atoms with Crippen LogP contribution in [0, 0.1) is 17.2 Å². The van der Waals surface area contributed by atoms with E-state index >= 15 is 0 Å². The van der Waals surface area contributed by atoms with Crippen LogP contribution in [0.15, 0.2) is 36.6 Å². The molecule has 0 amide bonds. The van der Waals surface area contributed by atoms with Crippen molar-refractivity contribution in [3.05, 3.63) is 47.7 Å². The maximum Gasteiger partial charge on any atom is 0.101 e. The van der Waals surface area contributed by atoms with Crippen molar-refractivity contribution in [2.24, 2.45) is 5.92 Å². The summed E-state index contributed by atoms with van der Waals surface area (Å²) in [5.41, 5.74) is 2.14. The first-order valence-electron chi connectivity index (χ1n) is 9.59. The zero-order valence-corrected chi connectivity index (χ0v) is 15.2. The fourth-order valence-corrected chi connectivity index (χ4v) is 3.74. The van der Waals surface area contributed by atoms with Gasteiger partial charge in [-0.15, -0.1) is 0 Å². The molecule has 1 aliphatic rings. The van der Waals surface area contributed by atoms with Crippen molar-refractivity contribution in [2.75, 3.05) is 0 Å². The smallest absolute Gasteiger partial charge is 0.101 e. The second-order valence-corrected chi connectivity index (χ2v) is 6.97. The molecule has 0 aromatic heterocycles. The van der Waals surface area contributed by atoms with E-state index in [2.05, 4.69) is 38.1 Å². The number of hydrogen-bond donors (Lipinski definition) is 0. The van der Waals surface area contributed by atoms with Crippen molar-refractivity contribution >= 4 is 0 Å². The summed E-state index contributed by atoms with van der Waals surface area (Å²) in [5.74, 6) is 1.33. The van der Waals surface area contributed by atoms with Crippen LogP contribution in [0.2, 0.25) is 0 Å². The molecule has 2 nitrogen and oxygen atoms in total. The molecular weight excluding hydrogens is 294 g/mol. The third-order valence-electron chi connectivity index (χ3n) is 5.19. The Labute approximate surface area is 147 Å². The van der Waals surface area contributed by atoms with E-state index in [1.165, 1.54) is 44.1 Å². The Hall–Kier alpha value is -1.75. The highest BCUT2D eigenvalue weighted by atomic mass is 16.5. The largest absolute Gasteiger partial charge is 0.498 e. The normalized spacial score (nSPS) is 22.2. The lowest BCUT2D eigenvalue weighted by atomic mass is 9.76. The summed E-state index contributed by atoms with van der Waals surface area (Å²) < 4.78 is 6.08. The standard InChI is InChI=1S/C22H31NO/c1-3-5-6-16-24-22(7-4-2)21-14-12-20(13-15-21)19-10-8-18(17-23)9-11-19/h6,8-11,16,20-22H,3-5,7,12-15H2,1-2H3/b16-6+. The van der Waals surface area contributed by atoms with Crippen LogP contribution in [-0.2, 0) is 4.74 Å². The van der Waals surface area contributed by atoms with E-state index in [4.69, 9.17) is 10.00 Å². The van der Waals surface area contributed by atoms with E-state index in [0.29, 0.717) is 17.9 Å². The van der Waals surface area contributed by atoms with Crippen LogP contribution in [-0.4, -0.2) is 6.10 Å². The predicted octanol–water partition coefficient (Wildman–Crippen LogP) is 6.33. The fraction of sp³-hybridized carbons (Fsp3) is 0.591. The number of rotatable bonds is 8. The Bertz CT molecular complexity index is 532. The molecule has 0 bridgehead atoms. The van der Waals surface area contributed by atoms with Crippen LogP contribution in [0.5, 0.6) is 0 Å². The summed E-state index contributed by atoms with van der Waals surface area (Å²) in [7, 11) is 0. The molecule has 1 aliphatic carbocycles. The molecule has 0 aliphatic heterocycles. The first-order valence-corrected chi connectivity index (χ1v) is 9.59. The SMILES string of the molecule is CCC/C=C/OC(CCC)C1CCC(c2ccc(C#N)cc2)CC1. The lowest BCUT2D eigenvalue weighted by molar-refractivity contribution is 0.0555. The van der Waals surface area contributed by atoms with Gasteiger partial charge in [0.1, 0.15) is 6.10 Å². The van der Waals surface area contributed by atoms with Gasteiger partial charge in [0.05, 0.1) is 17.9 Å². The number of allylic oxidation sites excluding steroid dienone is 1. The van der Waals surface area contributed by atoms with Gasteiger partial charge in [-0.1, -0.05) is 38.8 Å². The second-order valence-electron chi connectivity index (χ2n) is 6.97. The Balaban J connectivity index is 1.87. The number of nitrogens with zero attached hydrogens (tertiary/aromatic N) is 1. The minimum absolute atomic E-state index is 0.380. The molecule has 1 aromatic rings. The summed E-state index contributed by atoms with van der Waals surface area (Å²) in [6, 6.07) is 10.4. The van der Waals surface area contributed by atoms with Crippen molar-refractivity contribution in [3.63, 3.8) is 0 Å². The average Bonchev–Trinajstić information content (AvgIpc) is 2.64. The zero-order valence-electron chi connectivity index (χ0n) is 15.2. The van der Waals surface area contributed by atoms with Crippen molar-refractivity contribution in [2.45, 2.75) is 77.2 Å². The van der Waals surface area contributed by atoms with Gasteiger partial charge in [0.2, 0.25) is 0 Å². The first-order chi connectivity index (χ1) is 11.8. The minimum Gasteiger partial charge on any atom is -0.498 e. The monoisotopic (exact) mass is 325 g/mol.